The van der Waals surface area contributed by atoms with Gasteiger partial charge in [-0.25, -0.2) is 0 Å². The average molecular weight is 330 g/mol. The number of hydrogen-bond acceptors (Lipinski definition) is 4. The van der Waals surface area contributed by atoms with Crippen LogP contribution in [0.25, 0.3) is 0 Å². The number of carbonyl (C=O) groups is 2. The van der Waals surface area contributed by atoms with E-state index >= 15 is 0 Å². The van der Waals surface area contributed by atoms with E-state index in [9.17, 15) is 9.59 Å². The highest BCUT2D eigenvalue weighted by Crippen LogP contribution is 2.20. The summed E-state index contributed by atoms with van der Waals surface area (Å²) < 4.78 is 5.34. The number of benzene rings is 1. The number of rotatable bonds is 7. The lowest BCUT2D eigenvalue weighted by molar-refractivity contribution is -0.160. The Hall–Kier alpha value is -2.14. The fourth-order valence-electron chi connectivity index (χ4n) is 2.87. The van der Waals surface area contributed by atoms with Gasteiger partial charge in [0.15, 0.2) is 6.10 Å². The van der Waals surface area contributed by atoms with Crippen molar-refractivity contribution in [1.29, 1.82) is 0 Å². The minimum atomic E-state index is -0.776. The van der Waals surface area contributed by atoms with Crippen molar-refractivity contribution in [1.82, 2.24) is 10.2 Å². The van der Waals surface area contributed by atoms with Crippen LogP contribution >= 0.6 is 0 Å². The quantitative estimate of drug-likeness (QED) is 0.615. The summed E-state index contributed by atoms with van der Waals surface area (Å²) >= 11 is 0. The molecule has 1 N–H and O–H groups in total. The summed E-state index contributed by atoms with van der Waals surface area (Å²) in [5.41, 5.74) is 1.24. The lowest BCUT2D eigenvalue weighted by atomic mass is 9.97. The zero-order valence-corrected chi connectivity index (χ0v) is 14.2. The zero-order valence-electron chi connectivity index (χ0n) is 14.2. The van der Waals surface area contributed by atoms with E-state index in [2.05, 4.69) is 28.9 Å². The third-order valence-electron chi connectivity index (χ3n) is 4.17. The molecule has 5 nitrogen and oxygen atoms in total. The van der Waals surface area contributed by atoms with Crippen molar-refractivity contribution in [3.05, 3.63) is 48.6 Å². The number of amides is 1. The van der Waals surface area contributed by atoms with Crippen LogP contribution in [0.15, 0.2) is 43.0 Å². The lowest BCUT2D eigenvalue weighted by Gasteiger charge is -2.32. The SMILES string of the molecule is C=CCNC(=O)[C@@H](C)OC(=O)[C@@H]1CCCN(Cc2ccccc2)C1. The minimum Gasteiger partial charge on any atom is -0.452 e. The largest absolute Gasteiger partial charge is 0.452 e. The molecule has 1 amide bonds. The first kappa shape index (κ1) is 18.2. The number of nitrogens with zero attached hydrogens (tertiary/aromatic N) is 1. The maximum absolute atomic E-state index is 12.3. The fourth-order valence-corrected chi connectivity index (χ4v) is 2.87. The molecule has 1 heterocycles. The summed E-state index contributed by atoms with van der Waals surface area (Å²) in [5, 5.41) is 2.64. The van der Waals surface area contributed by atoms with Gasteiger partial charge in [0, 0.05) is 19.6 Å². The Labute approximate surface area is 143 Å². The second-order valence-corrected chi connectivity index (χ2v) is 6.17. The Balaban J connectivity index is 1.83. The highest BCUT2D eigenvalue weighted by Gasteiger charge is 2.29. The van der Waals surface area contributed by atoms with Gasteiger partial charge in [-0.15, -0.1) is 6.58 Å². The van der Waals surface area contributed by atoms with Crippen molar-refractivity contribution in [3.8, 4) is 0 Å². The number of likely N-dealkylation sites (tertiary alicyclic amines) is 1. The third kappa shape index (κ3) is 5.49. The molecule has 0 spiro atoms. The predicted molar refractivity (Wildman–Crippen MR) is 93.2 cm³/mol. The zero-order chi connectivity index (χ0) is 17.4. The second-order valence-electron chi connectivity index (χ2n) is 6.17. The van der Waals surface area contributed by atoms with Gasteiger partial charge in [-0.2, -0.15) is 0 Å². The van der Waals surface area contributed by atoms with E-state index in [0.29, 0.717) is 13.1 Å². The minimum absolute atomic E-state index is 0.169. The summed E-state index contributed by atoms with van der Waals surface area (Å²) in [4.78, 5) is 26.4. The molecule has 0 aliphatic carbocycles. The Morgan fingerprint density at radius 3 is 2.88 bits per heavy atom. The molecule has 0 aromatic heterocycles. The molecule has 1 fully saturated rings. The molecular formula is C19H26N2O3. The van der Waals surface area contributed by atoms with Gasteiger partial charge in [0.2, 0.25) is 0 Å². The van der Waals surface area contributed by atoms with Crippen LogP contribution in [0.5, 0.6) is 0 Å². The van der Waals surface area contributed by atoms with Crippen LogP contribution in [0.2, 0.25) is 0 Å². The number of esters is 1. The average Bonchev–Trinajstić information content (AvgIpc) is 2.60. The summed E-state index contributed by atoms with van der Waals surface area (Å²) in [6, 6.07) is 10.2. The lowest BCUT2D eigenvalue weighted by Crippen LogP contribution is -2.42. The molecule has 1 saturated heterocycles. The molecule has 0 unspecified atom stereocenters. The highest BCUT2D eigenvalue weighted by molar-refractivity contribution is 5.84. The van der Waals surface area contributed by atoms with Crippen LogP contribution in [-0.4, -0.2) is 42.5 Å². The Bertz CT molecular complexity index is 559. The number of piperidine rings is 1. The van der Waals surface area contributed by atoms with Crippen LogP contribution in [0, 0.1) is 5.92 Å². The second kappa shape index (κ2) is 9.23. The molecule has 24 heavy (non-hydrogen) atoms. The monoisotopic (exact) mass is 330 g/mol. The third-order valence-corrected chi connectivity index (χ3v) is 4.17. The Morgan fingerprint density at radius 1 is 1.42 bits per heavy atom. The number of carbonyl (C=O) groups excluding carboxylic acids is 2. The molecule has 0 saturated carbocycles. The fraction of sp³-hybridized carbons (Fsp3) is 0.474. The van der Waals surface area contributed by atoms with Crippen LogP contribution in [0.4, 0.5) is 0 Å². The normalized spacial score (nSPS) is 19.3. The molecule has 130 valence electrons. The van der Waals surface area contributed by atoms with Gasteiger partial charge in [-0.3, -0.25) is 14.5 Å². The first-order valence-corrected chi connectivity index (χ1v) is 8.45. The summed E-state index contributed by atoms with van der Waals surface area (Å²) in [6.07, 6.45) is 2.59. The molecule has 1 aromatic rings. The topological polar surface area (TPSA) is 58.6 Å². The summed E-state index contributed by atoms with van der Waals surface area (Å²) in [5.74, 6) is -0.744. The van der Waals surface area contributed by atoms with E-state index in [1.165, 1.54) is 5.56 Å². The van der Waals surface area contributed by atoms with Gasteiger partial charge < -0.3 is 10.1 Å². The van der Waals surface area contributed by atoms with E-state index in [-0.39, 0.29) is 17.8 Å². The van der Waals surface area contributed by atoms with Crippen LogP contribution in [-0.2, 0) is 20.9 Å². The van der Waals surface area contributed by atoms with E-state index in [0.717, 1.165) is 25.9 Å². The molecule has 1 aliphatic rings. The number of nitrogens with one attached hydrogen (secondary N) is 1. The molecule has 0 radical (unpaired) electrons. The molecular weight excluding hydrogens is 304 g/mol. The van der Waals surface area contributed by atoms with Gasteiger partial charge >= 0.3 is 5.97 Å². The highest BCUT2D eigenvalue weighted by atomic mass is 16.5. The van der Waals surface area contributed by atoms with E-state index in [1.807, 2.05) is 18.2 Å². The van der Waals surface area contributed by atoms with E-state index in [4.69, 9.17) is 4.74 Å². The smallest absolute Gasteiger partial charge is 0.311 e. The van der Waals surface area contributed by atoms with E-state index in [1.54, 1.807) is 13.0 Å². The molecule has 2 atom stereocenters. The van der Waals surface area contributed by atoms with Crippen molar-refractivity contribution in [2.75, 3.05) is 19.6 Å². The van der Waals surface area contributed by atoms with Crippen molar-refractivity contribution in [3.63, 3.8) is 0 Å². The van der Waals surface area contributed by atoms with Crippen LogP contribution in [0.3, 0.4) is 0 Å². The van der Waals surface area contributed by atoms with Crippen molar-refractivity contribution in [2.24, 2.45) is 5.92 Å². The standard InChI is InChI=1S/C19H26N2O3/c1-3-11-20-18(22)15(2)24-19(23)17-10-7-12-21(14-17)13-16-8-5-4-6-9-16/h3-6,8-9,15,17H,1,7,10-14H2,2H3,(H,20,22)/t15-,17-/m1/s1. The first-order chi connectivity index (χ1) is 11.6. The molecule has 1 aromatic carbocycles. The molecule has 1 aliphatic heterocycles. The summed E-state index contributed by atoms with van der Waals surface area (Å²) in [7, 11) is 0. The number of ether oxygens (including phenoxy) is 1. The summed E-state index contributed by atoms with van der Waals surface area (Å²) in [6.45, 7) is 8.00. The predicted octanol–water partition coefficient (Wildman–Crippen LogP) is 2.13. The van der Waals surface area contributed by atoms with Crippen molar-refractivity contribution < 1.29 is 14.3 Å². The first-order valence-electron chi connectivity index (χ1n) is 8.45. The maximum Gasteiger partial charge on any atom is 0.311 e. The van der Waals surface area contributed by atoms with Gasteiger partial charge in [0.05, 0.1) is 5.92 Å². The molecule has 0 bridgehead atoms. The Morgan fingerprint density at radius 2 is 2.17 bits per heavy atom. The van der Waals surface area contributed by atoms with Crippen LogP contribution < -0.4 is 5.32 Å². The van der Waals surface area contributed by atoms with Crippen molar-refractivity contribution >= 4 is 11.9 Å². The molecule has 2 rings (SSSR count). The van der Waals surface area contributed by atoms with Crippen LogP contribution in [0.1, 0.15) is 25.3 Å². The molecule has 5 heteroatoms. The Kier molecular flexibility index (Phi) is 7.00. The van der Waals surface area contributed by atoms with Crippen molar-refractivity contribution in [2.45, 2.75) is 32.4 Å². The van der Waals surface area contributed by atoms with Gasteiger partial charge in [-0.05, 0) is 31.9 Å². The maximum atomic E-state index is 12.3. The van der Waals surface area contributed by atoms with Gasteiger partial charge in [-0.1, -0.05) is 36.4 Å². The number of hydrogen-bond donors (Lipinski definition) is 1. The van der Waals surface area contributed by atoms with E-state index < -0.39 is 6.10 Å². The van der Waals surface area contributed by atoms with Gasteiger partial charge in [0.25, 0.3) is 5.91 Å². The van der Waals surface area contributed by atoms with Gasteiger partial charge in [0.1, 0.15) is 0 Å².